The minimum Gasteiger partial charge on any atom is -0.312 e. The highest BCUT2D eigenvalue weighted by atomic mass is 32.2. The van der Waals surface area contributed by atoms with Gasteiger partial charge in [-0.05, 0) is 74.4 Å². The molecule has 29 heavy (non-hydrogen) atoms. The second-order valence-electron chi connectivity index (χ2n) is 8.25. The van der Waals surface area contributed by atoms with Crippen LogP contribution < -0.4 is 9.62 Å². The van der Waals surface area contributed by atoms with E-state index in [9.17, 15) is 13.2 Å². The first-order valence-electron chi connectivity index (χ1n) is 10.3. The molecule has 0 spiro atoms. The number of hydrogen-bond acceptors (Lipinski definition) is 3. The Balaban J connectivity index is 1.58. The number of benzene rings is 2. The van der Waals surface area contributed by atoms with Crippen molar-refractivity contribution in [2.24, 2.45) is 5.92 Å². The third-order valence-corrected chi connectivity index (χ3v) is 7.43. The topological polar surface area (TPSA) is 66.5 Å². The van der Waals surface area contributed by atoms with E-state index in [2.05, 4.69) is 10.8 Å². The average molecular weight is 413 g/mol. The summed E-state index contributed by atoms with van der Waals surface area (Å²) in [7, 11) is -3.66. The standard InChI is InChI=1S/C23H28N2O3S/c1-4-21(20-9-5-15(2)13-16(20)3)24-29(27,28)19-8-10-22-18(14-19)11-12-25(22)23(26)17-6-7-17/h5,8-10,13-14,17,21,24H,4,6-7,11-12H2,1-3H3. The maximum Gasteiger partial charge on any atom is 0.241 e. The third-order valence-electron chi connectivity index (χ3n) is 5.96. The molecule has 1 unspecified atom stereocenters. The van der Waals surface area contributed by atoms with Gasteiger partial charge in [0.05, 0.1) is 4.90 Å². The number of carbonyl (C=O) groups is 1. The van der Waals surface area contributed by atoms with Crippen LogP contribution in [0.3, 0.4) is 0 Å². The Kier molecular flexibility index (Phi) is 5.25. The fraction of sp³-hybridized carbons (Fsp3) is 0.435. The molecule has 1 saturated carbocycles. The number of sulfonamides is 1. The zero-order chi connectivity index (χ0) is 20.8. The smallest absolute Gasteiger partial charge is 0.241 e. The average Bonchev–Trinajstić information content (AvgIpc) is 3.45. The van der Waals surface area contributed by atoms with Crippen LogP contribution in [-0.2, 0) is 21.2 Å². The van der Waals surface area contributed by atoms with Gasteiger partial charge in [0.1, 0.15) is 0 Å². The first-order valence-corrected chi connectivity index (χ1v) is 11.8. The molecular weight excluding hydrogens is 384 g/mol. The van der Waals surface area contributed by atoms with E-state index in [0.29, 0.717) is 19.4 Å². The van der Waals surface area contributed by atoms with Crippen LogP contribution in [0.1, 0.15) is 54.5 Å². The number of fused-ring (bicyclic) bond motifs is 1. The van der Waals surface area contributed by atoms with Gasteiger partial charge in [-0.15, -0.1) is 0 Å². The van der Waals surface area contributed by atoms with E-state index in [1.807, 2.05) is 37.8 Å². The van der Waals surface area contributed by atoms with Crippen molar-refractivity contribution in [3.05, 3.63) is 58.7 Å². The van der Waals surface area contributed by atoms with Crippen LogP contribution in [0.15, 0.2) is 41.3 Å². The van der Waals surface area contributed by atoms with Crippen molar-refractivity contribution in [3.8, 4) is 0 Å². The Morgan fingerprint density at radius 1 is 1.17 bits per heavy atom. The molecule has 2 aromatic carbocycles. The van der Waals surface area contributed by atoms with Gasteiger partial charge in [-0.2, -0.15) is 0 Å². The lowest BCUT2D eigenvalue weighted by Gasteiger charge is -2.21. The molecule has 1 aliphatic heterocycles. The number of anilines is 1. The molecule has 0 saturated heterocycles. The Hall–Kier alpha value is -2.18. The summed E-state index contributed by atoms with van der Waals surface area (Å²) in [4.78, 5) is 14.5. The summed E-state index contributed by atoms with van der Waals surface area (Å²) in [6.07, 6.45) is 3.30. The zero-order valence-electron chi connectivity index (χ0n) is 17.2. The highest BCUT2D eigenvalue weighted by molar-refractivity contribution is 7.89. The van der Waals surface area contributed by atoms with E-state index in [1.54, 1.807) is 18.2 Å². The Morgan fingerprint density at radius 2 is 1.93 bits per heavy atom. The monoisotopic (exact) mass is 412 g/mol. The van der Waals surface area contributed by atoms with Gasteiger partial charge in [0.25, 0.3) is 0 Å². The van der Waals surface area contributed by atoms with Crippen LogP contribution in [-0.4, -0.2) is 20.9 Å². The molecule has 4 rings (SSSR count). The molecular formula is C23H28N2O3S. The Bertz CT molecular complexity index is 1060. The van der Waals surface area contributed by atoms with Crippen LogP contribution in [0.2, 0.25) is 0 Å². The van der Waals surface area contributed by atoms with Gasteiger partial charge in [-0.1, -0.05) is 30.7 Å². The van der Waals surface area contributed by atoms with Gasteiger partial charge >= 0.3 is 0 Å². The molecule has 2 aliphatic rings. The molecule has 0 radical (unpaired) electrons. The Labute approximate surface area is 173 Å². The molecule has 0 aromatic heterocycles. The first kappa shape index (κ1) is 20.1. The van der Waals surface area contributed by atoms with Crippen LogP contribution in [0.5, 0.6) is 0 Å². The van der Waals surface area contributed by atoms with Gasteiger partial charge in [-0.25, -0.2) is 13.1 Å². The lowest BCUT2D eigenvalue weighted by atomic mass is 9.98. The molecule has 2 aromatic rings. The third kappa shape index (κ3) is 3.96. The molecule has 6 heteroatoms. The summed E-state index contributed by atoms with van der Waals surface area (Å²) in [5.41, 5.74) is 5.04. The van der Waals surface area contributed by atoms with E-state index in [0.717, 1.165) is 40.8 Å². The van der Waals surface area contributed by atoms with E-state index in [1.165, 1.54) is 0 Å². The van der Waals surface area contributed by atoms with Crippen molar-refractivity contribution in [2.45, 2.75) is 57.4 Å². The molecule has 1 amide bonds. The fourth-order valence-electron chi connectivity index (χ4n) is 4.16. The van der Waals surface area contributed by atoms with Crippen LogP contribution in [0.4, 0.5) is 5.69 Å². The van der Waals surface area contributed by atoms with Crippen molar-refractivity contribution in [1.82, 2.24) is 4.72 Å². The van der Waals surface area contributed by atoms with Gasteiger partial charge in [0, 0.05) is 24.2 Å². The van der Waals surface area contributed by atoms with E-state index in [4.69, 9.17) is 0 Å². The molecule has 0 bridgehead atoms. The second kappa shape index (κ2) is 7.58. The largest absolute Gasteiger partial charge is 0.312 e. The van der Waals surface area contributed by atoms with Crippen molar-refractivity contribution in [3.63, 3.8) is 0 Å². The number of carbonyl (C=O) groups excluding carboxylic acids is 1. The van der Waals surface area contributed by atoms with Crippen molar-refractivity contribution >= 4 is 21.6 Å². The van der Waals surface area contributed by atoms with Gasteiger partial charge < -0.3 is 4.90 Å². The SMILES string of the molecule is CCC(NS(=O)(=O)c1ccc2c(c1)CCN2C(=O)C1CC1)c1ccc(C)cc1C. The highest BCUT2D eigenvalue weighted by Gasteiger charge is 2.36. The van der Waals surface area contributed by atoms with Crippen molar-refractivity contribution in [2.75, 3.05) is 11.4 Å². The van der Waals surface area contributed by atoms with Crippen molar-refractivity contribution < 1.29 is 13.2 Å². The highest BCUT2D eigenvalue weighted by Crippen LogP contribution is 2.37. The van der Waals surface area contributed by atoms with Gasteiger partial charge in [0.15, 0.2) is 0 Å². The van der Waals surface area contributed by atoms with Crippen LogP contribution >= 0.6 is 0 Å². The minimum absolute atomic E-state index is 0.161. The van der Waals surface area contributed by atoms with Gasteiger partial charge in [-0.3, -0.25) is 4.79 Å². The van der Waals surface area contributed by atoms with Gasteiger partial charge in [0.2, 0.25) is 15.9 Å². The van der Waals surface area contributed by atoms with Crippen molar-refractivity contribution in [1.29, 1.82) is 0 Å². The second-order valence-corrected chi connectivity index (χ2v) is 9.96. The Morgan fingerprint density at radius 3 is 2.59 bits per heavy atom. The molecule has 1 atom stereocenters. The molecule has 1 fully saturated rings. The molecule has 1 aliphatic carbocycles. The molecule has 5 nitrogen and oxygen atoms in total. The summed E-state index contributed by atoms with van der Waals surface area (Å²) in [5.74, 6) is 0.340. The molecule has 154 valence electrons. The molecule has 1 heterocycles. The van der Waals surface area contributed by atoms with E-state index >= 15 is 0 Å². The number of nitrogens with zero attached hydrogens (tertiary/aromatic N) is 1. The van der Waals surface area contributed by atoms with E-state index in [-0.39, 0.29) is 22.8 Å². The zero-order valence-corrected chi connectivity index (χ0v) is 18.1. The normalized spacial score (nSPS) is 17.3. The minimum atomic E-state index is -3.66. The lowest BCUT2D eigenvalue weighted by Crippen LogP contribution is -2.30. The molecule has 1 N–H and O–H groups in total. The van der Waals surface area contributed by atoms with Crippen LogP contribution in [0.25, 0.3) is 0 Å². The number of aryl methyl sites for hydroxylation is 2. The number of nitrogens with one attached hydrogen (secondary N) is 1. The summed E-state index contributed by atoms with van der Waals surface area (Å²) in [6, 6.07) is 11.0. The first-order chi connectivity index (χ1) is 13.8. The van der Waals surface area contributed by atoms with Crippen LogP contribution in [0, 0.1) is 19.8 Å². The predicted octanol–water partition coefficient (Wildman–Crippen LogP) is 4.03. The number of hydrogen-bond donors (Lipinski definition) is 1. The summed E-state index contributed by atoms with van der Waals surface area (Å²) in [5, 5.41) is 0. The fourth-order valence-corrected chi connectivity index (χ4v) is 5.51. The predicted molar refractivity (Wildman–Crippen MR) is 114 cm³/mol. The lowest BCUT2D eigenvalue weighted by molar-refractivity contribution is -0.119. The maximum absolute atomic E-state index is 13.1. The quantitative estimate of drug-likeness (QED) is 0.779. The number of rotatable bonds is 6. The van der Waals surface area contributed by atoms with E-state index < -0.39 is 10.0 Å². The maximum atomic E-state index is 13.1. The number of amides is 1. The summed E-state index contributed by atoms with van der Waals surface area (Å²) in [6.45, 7) is 6.67. The summed E-state index contributed by atoms with van der Waals surface area (Å²) < 4.78 is 29.1. The summed E-state index contributed by atoms with van der Waals surface area (Å²) >= 11 is 0.